The summed E-state index contributed by atoms with van der Waals surface area (Å²) >= 11 is 0. The number of carbonyl (C=O) groups is 1. The molecule has 0 spiro atoms. The second-order valence-corrected chi connectivity index (χ2v) is 6.05. The number of nitrogens with zero attached hydrogens (tertiary/aromatic N) is 2. The first-order chi connectivity index (χ1) is 11.3. The minimum atomic E-state index is 0.0682. The Labute approximate surface area is 135 Å². The van der Waals surface area contributed by atoms with Crippen LogP contribution in [0.4, 0.5) is 0 Å². The molecule has 4 heteroatoms. The second kappa shape index (κ2) is 5.88. The lowest BCUT2D eigenvalue weighted by Crippen LogP contribution is -2.32. The van der Waals surface area contributed by atoms with E-state index in [9.17, 15) is 4.79 Å². The zero-order valence-electron chi connectivity index (χ0n) is 12.9. The number of carbonyl (C=O) groups excluding carboxylic acids is 1. The summed E-state index contributed by atoms with van der Waals surface area (Å²) in [6.45, 7) is 0.813. The van der Waals surface area contributed by atoms with Gasteiger partial charge in [0.05, 0.1) is 23.5 Å². The van der Waals surface area contributed by atoms with E-state index in [1.807, 2.05) is 59.5 Å². The Morgan fingerprint density at radius 3 is 2.74 bits per heavy atom. The van der Waals surface area contributed by atoms with E-state index in [0.29, 0.717) is 6.42 Å². The van der Waals surface area contributed by atoms with E-state index in [1.54, 1.807) is 0 Å². The molecule has 1 unspecified atom stereocenters. The minimum Gasteiger partial charge on any atom is -0.340 e. The van der Waals surface area contributed by atoms with Crippen LogP contribution >= 0.6 is 0 Å². The molecule has 2 heterocycles. The maximum Gasteiger partial charge on any atom is 0.227 e. The number of likely N-dealkylation sites (tertiary alicyclic amines) is 1. The van der Waals surface area contributed by atoms with Gasteiger partial charge in [0.15, 0.2) is 0 Å². The summed E-state index contributed by atoms with van der Waals surface area (Å²) in [7, 11) is 0. The number of nitrogens with one attached hydrogen (secondary N) is 1. The fraction of sp³-hybridized carbons (Fsp3) is 0.263. The average molecular weight is 305 g/mol. The van der Waals surface area contributed by atoms with E-state index < -0.39 is 0 Å². The topological polar surface area (TPSA) is 49.0 Å². The Balaban J connectivity index is 1.57. The van der Waals surface area contributed by atoms with Gasteiger partial charge in [0.1, 0.15) is 5.82 Å². The summed E-state index contributed by atoms with van der Waals surface area (Å²) in [4.78, 5) is 22.7. The van der Waals surface area contributed by atoms with E-state index in [4.69, 9.17) is 0 Å². The monoisotopic (exact) mass is 305 g/mol. The summed E-state index contributed by atoms with van der Waals surface area (Å²) in [5, 5.41) is 0. The van der Waals surface area contributed by atoms with Gasteiger partial charge in [-0.2, -0.15) is 0 Å². The van der Waals surface area contributed by atoms with Crippen molar-refractivity contribution in [1.29, 1.82) is 0 Å². The molecule has 0 bridgehead atoms. The Bertz CT molecular complexity index is 792. The number of amides is 1. The zero-order valence-corrected chi connectivity index (χ0v) is 12.9. The van der Waals surface area contributed by atoms with Gasteiger partial charge in [0.2, 0.25) is 5.91 Å². The molecule has 0 aliphatic carbocycles. The lowest BCUT2D eigenvalue weighted by molar-refractivity contribution is -0.131. The van der Waals surface area contributed by atoms with Gasteiger partial charge in [0.25, 0.3) is 0 Å². The van der Waals surface area contributed by atoms with Crippen LogP contribution in [-0.4, -0.2) is 27.3 Å². The van der Waals surface area contributed by atoms with Crippen LogP contribution in [0, 0.1) is 0 Å². The van der Waals surface area contributed by atoms with Gasteiger partial charge in [-0.05, 0) is 30.5 Å². The first-order valence-electron chi connectivity index (χ1n) is 8.09. The standard InChI is InChI=1S/C19H19N3O/c23-18(13-14-7-2-1-3-8-14)22-12-6-11-17(22)19-20-15-9-4-5-10-16(15)21-19/h1-5,7-10,17H,6,11-13H2,(H,20,21). The van der Waals surface area contributed by atoms with Gasteiger partial charge < -0.3 is 9.88 Å². The summed E-state index contributed by atoms with van der Waals surface area (Å²) in [5.74, 6) is 1.09. The predicted molar refractivity (Wildman–Crippen MR) is 89.9 cm³/mol. The van der Waals surface area contributed by atoms with Gasteiger partial charge in [-0.3, -0.25) is 4.79 Å². The Kier molecular flexibility index (Phi) is 3.58. The number of hydrogen-bond donors (Lipinski definition) is 1. The van der Waals surface area contributed by atoms with Crippen molar-refractivity contribution in [2.24, 2.45) is 0 Å². The van der Waals surface area contributed by atoms with E-state index in [2.05, 4.69) is 9.97 Å². The highest BCUT2D eigenvalue weighted by molar-refractivity contribution is 5.80. The van der Waals surface area contributed by atoms with Crippen LogP contribution in [0.25, 0.3) is 11.0 Å². The molecule has 4 rings (SSSR count). The highest BCUT2D eigenvalue weighted by Gasteiger charge is 2.31. The normalized spacial score (nSPS) is 17.7. The largest absolute Gasteiger partial charge is 0.340 e. The molecule has 3 aromatic rings. The number of fused-ring (bicyclic) bond motifs is 1. The Morgan fingerprint density at radius 2 is 1.91 bits per heavy atom. The first kappa shape index (κ1) is 14.0. The van der Waals surface area contributed by atoms with E-state index in [1.165, 1.54) is 0 Å². The molecular formula is C19H19N3O. The second-order valence-electron chi connectivity index (χ2n) is 6.05. The number of hydrogen-bond acceptors (Lipinski definition) is 2. The molecule has 1 amide bonds. The first-order valence-corrected chi connectivity index (χ1v) is 8.09. The van der Waals surface area contributed by atoms with Gasteiger partial charge in [-0.1, -0.05) is 42.5 Å². The van der Waals surface area contributed by atoms with Crippen molar-refractivity contribution in [2.45, 2.75) is 25.3 Å². The molecule has 1 aromatic heterocycles. The molecule has 1 N–H and O–H groups in total. The van der Waals surface area contributed by atoms with E-state index in [0.717, 1.165) is 41.8 Å². The molecule has 23 heavy (non-hydrogen) atoms. The third-order valence-corrected chi connectivity index (χ3v) is 4.49. The van der Waals surface area contributed by atoms with Crippen molar-refractivity contribution in [2.75, 3.05) is 6.54 Å². The highest BCUT2D eigenvalue weighted by Crippen LogP contribution is 2.31. The van der Waals surface area contributed by atoms with Crippen LogP contribution in [0.3, 0.4) is 0 Å². The van der Waals surface area contributed by atoms with Crippen LogP contribution in [-0.2, 0) is 11.2 Å². The van der Waals surface area contributed by atoms with Crippen molar-refractivity contribution in [3.05, 3.63) is 66.0 Å². The SMILES string of the molecule is O=C(Cc1ccccc1)N1CCCC1c1nc2ccccc2[nH]1. The molecule has 0 radical (unpaired) electrons. The van der Waals surface area contributed by atoms with Crippen molar-refractivity contribution in [1.82, 2.24) is 14.9 Å². The molecule has 1 aliphatic rings. The maximum atomic E-state index is 12.7. The summed E-state index contributed by atoms with van der Waals surface area (Å²) < 4.78 is 0. The highest BCUT2D eigenvalue weighted by atomic mass is 16.2. The number of benzene rings is 2. The van der Waals surface area contributed by atoms with E-state index >= 15 is 0 Å². The van der Waals surface area contributed by atoms with E-state index in [-0.39, 0.29) is 11.9 Å². The van der Waals surface area contributed by atoms with Crippen molar-refractivity contribution < 1.29 is 4.79 Å². The number of aromatic amines is 1. The minimum absolute atomic E-state index is 0.0682. The predicted octanol–water partition coefficient (Wildman–Crippen LogP) is 3.47. The number of para-hydroxylation sites is 2. The molecule has 116 valence electrons. The van der Waals surface area contributed by atoms with Gasteiger partial charge in [-0.25, -0.2) is 4.98 Å². The molecule has 0 saturated carbocycles. The summed E-state index contributed by atoms with van der Waals surface area (Å²) in [6.07, 6.45) is 2.46. The number of H-pyrrole nitrogens is 1. The molecule has 1 atom stereocenters. The zero-order chi connectivity index (χ0) is 15.6. The smallest absolute Gasteiger partial charge is 0.227 e. The fourth-order valence-electron chi connectivity index (χ4n) is 3.35. The van der Waals surface area contributed by atoms with Crippen LogP contribution in [0.2, 0.25) is 0 Å². The van der Waals surface area contributed by atoms with Crippen LogP contribution in [0.15, 0.2) is 54.6 Å². The number of aromatic nitrogens is 2. The average Bonchev–Trinajstić information content (AvgIpc) is 3.22. The maximum absolute atomic E-state index is 12.7. The molecule has 2 aromatic carbocycles. The Hall–Kier alpha value is -2.62. The quantitative estimate of drug-likeness (QED) is 0.805. The summed E-state index contributed by atoms with van der Waals surface area (Å²) in [5.41, 5.74) is 3.06. The van der Waals surface area contributed by atoms with Gasteiger partial charge >= 0.3 is 0 Å². The molecule has 1 saturated heterocycles. The van der Waals surface area contributed by atoms with Crippen molar-refractivity contribution >= 4 is 16.9 Å². The lowest BCUT2D eigenvalue weighted by atomic mass is 10.1. The Morgan fingerprint density at radius 1 is 1.13 bits per heavy atom. The molecule has 1 fully saturated rings. The third kappa shape index (κ3) is 2.72. The third-order valence-electron chi connectivity index (χ3n) is 4.49. The van der Waals surface area contributed by atoms with Crippen molar-refractivity contribution in [3.63, 3.8) is 0 Å². The number of rotatable bonds is 3. The van der Waals surface area contributed by atoms with Crippen LogP contribution in [0.1, 0.15) is 30.3 Å². The lowest BCUT2D eigenvalue weighted by Gasteiger charge is -2.23. The fourth-order valence-corrected chi connectivity index (χ4v) is 3.35. The molecular weight excluding hydrogens is 286 g/mol. The molecule has 1 aliphatic heterocycles. The van der Waals surface area contributed by atoms with Gasteiger partial charge in [-0.15, -0.1) is 0 Å². The number of imidazole rings is 1. The van der Waals surface area contributed by atoms with Crippen LogP contribution < -0.4 is 0 Å². The van der Waals surface area contributed by atoms with Gasteiger partial charge in [0, 0.05) is 6.54 Å². The van der Waals surface area contributed by atoms with Crippen molar-refractivity contribution in [3.8, 4) is 0 Å². The summed E-state index contributed by atoms with van der Waals surface area (Å²) in [6, 6.07) is 18.0. The van der Waals surface area contributed by atoms with Crippen LogP contribution in [0.5, 0.6) is 0 Å². The molecule has 4 nitrogen and oxygen atoms in total.